The summed E-state index contributed by atoms with van der Waals surface area (Å²) in [5.74, 6) is -2.39. The molecule has 0 amide bonds. The van der Waals surface area contributed by atoms with E-state index < -0.39 is 17.9 Å². The van der Waals surface area contributed by atoms with E-state index in [0.717, 1.165) is 0 Å². The first kappa shape index (κ1) is 10.9. The van der Waals surface area contributed by atoms with Crippen LogP contribution in [0, 0.1) is 5.92 Å². The maximum absolute atomic E-state index is 10.3. The maximum Gasteiger partial charge on any atom is 0.317 e. The first-order chi connectivity index (χ1) is 5.43. The lowest BCUT2D eigenvalue weighted by Gasteiger charge is -2.16. The van der Waals surface area contributed by atoms with Crippen LogP contribution in [0.5, 0.6) is 0 Å². The second-order valence-electron chi connectivity index (χ2n) is 2.83. The molecular weight excluding hydrogens is 162 g/mol. The zero-order valence-electron chi connectivity index (χ0n) is 7.15. The van der Waals surface area contributed by atoms with E-state index in [1.165, 1.54) is 4.90 Å². The molecule has 0 aliphatic rings. The van der Waals surface area contributed by atoms with Gasteiger partial charge in [-0.3, -0.25) is 14.5 Å². The normalized spacial score (nSPS) is 12.9. The van der Waals surface area contributed by atoms with Gasteiger partial charge in [0.25, 0.3) is 0 Å². The zero-order chi connectivity index (χ0) is 9.72. The lowest BCUT2D eigenvalue weighted by atomic mass is 10.2. The molecule has 5 nitrogen and oxygen atoms in total. The fourth-order valence-electron chi connectivity index (χ4n) is 0.841. The monoisotopic (exact) mass is 175 g/mol. The molecule has 0 aliphatic carbocycles. The number of carbonyl (C=O) groups is 2. The molecule has 5 heteroatoms. The minimum Gasteiger partial charge on any atom is -0.481 e. The van der Waals surface area contributed by atoms with Gasteiger partial charge in [-0.25, -0.2) is 0 Å². The molecule has 0 rings (SSSR count). The van der Waals surface area contributed by atoms with Crippen molar-refractivity contribution < 1.29 is 19.8 Å². The molecule has 1 atom stereocenters. The van der Waals surface area contributed by atoms with Crippen molar-refractivity contribution in [3.63, 3.8) is 0 Å². The van der Waals surface area contributed by atoms with Gasteiger partial charge >= 0.3 is 11.9 Å². The quantitative estimate of drug-likeness (QED) is 0.601. The summed E-state index contributed by atoms with van der Waals surface area (Å²) in [7, 11) is 1.58. The highest BCUT2D eigenvalue weighted by Crippen LogP contribution is 1.97. The molecule has 12 heavy (non-hydrogen) atoms. The van der Waals surface area contributed by atoms with E-state index >= 15 is 0 Å². The molecule has 2 N–H and O–H groups in total. The Morgan fingerprint density at radius 2 is 1.92 bits per heavy atom. The molecule has 0 fully saturated rings. The third-order valence-corrected chi connectivity index (χ3v) is 1.41. The molecule has 0 bridgehead atoms. The number of carboxylic acids is 2. The Morgan fingerprint density at radius 3 is 2.25 bits per heavy atom. The standard InChI is InChI=1S/C7H13NO4/c1-5(7(11)12)3-8(2)4-6(9)10/h5H,3-4H2,1-2H3,(H,9,10)(H,11,12). The number of carboxylic acid groups (broad SMARTS) is 2. The number of rotatable bonds is 5. The number of hydrogen-bond acceptors (Lipinski definition) is 3. The summed E-state index contributed by atoms with van der Waals surface area (Å²) in [5, 5.41) is 16.8. The van der Waals surface area contributed by atoms with Gasteiger partial charge in [0.1, 0.15) is 0 Å². The highest BCUT2D eigenvalue weighted by Gasteiger charge is 2.14. The van der Waals surface area contributed by atoms with Crippen molar-refractivity contribution in [1.82, 2.24) is 4.90 Å². The first-order valence-electron chi connectivity index (χ1n) is 3.56. The van der Waals surface area contributed by atoms with Crippen LogP contribution in [-0.2, 0) is 9.59 Å². The molecule has 70 valence electrons. The van der Waals surface area contributed by atoms with Crippen molar-refractivity contribution in [3.05, 3.63) is 0 Å². The topological polar surface area (TPSA) is 77.8 Å². The van der Waals surface area contributed by atoms with Crippen molar-refractivity contribution in [2.24, 2.45) is 5.92 Å². The number of nitrogens with zero attached hydrogens (tertiary/aromatic N) is 1. The fourth-order valence-corrected chi connectivity index (χ4v) is 0.841. The summed E-state index contributed by atoms with van der Waals surface area (Å²) in [6.45, 7) is 1.67. The van der Waals surface area contributed by atoms with E-state index in [1.807, 2.05) is 0 Å². The molecular formula is C7H13NO4. The van der Waals surface area contributed by atoms with Crippen molar-refractivity contribution in [1.29, 1.82) is 0 Å². The van der Waals surface area contributed by atoms with Gasteiger partial charge in [0.05, 0.1) is 12.5 Å². The van der Waals surface area contributed by atoms with Crippen LogP contribution in [0.4, 0.5) is 0 Å². The molecule has 0 saturated heterocycles. The predicted octanol–water partition coefficient (Wildman–Crippen LogP) is -0.277. The smallest absolute Gasteiger partial charge is 0.317 e. The van der Waals surface area contributed by atoms with Gasteiger partial charge in [-0.05, 0) is 7.05 Å². The zero-order valence-corrected chi connectivity index (χ0v) is 7.15. The van der Waals surface area contributed by atoms with Gasteiger partial charge < -0.3 is 10.2 Å². The molecule has 0 aliphatic heterocycles. The third-order valence-electron chi connectivity index (χ3n) is 1.41. The van der Waals surface area contributed by atoms with E-state index in [-0.39, 0.29) is 13.1 Å². The Morgan fingerprint density at radius 1 is 1.42 bits per heavy atom. The molecule has 0 aromatic carbocycles. The van der Waals surface area contributed by atoms with Crippen LogP contribution in [0.3, 0.4) is 0 Å². The Hall–Kier alpha value is -1.10. The molecule has 0 saturated carbocycles. The number of aliphatic carboxylic acids is 2. The van der Waals surface area contributed by atoms with Gasteiger partial charge in [0, 0.05) is 6.54 Å². The van der Waals surface area contributed by atoms with Gasteiger partial charge in [0.2, 0.25) is 0 Å². The van der Waals surface area contributed by atoms with Crippen molar-refractivity contribution in [3.8, 4) is 0 Å². The average molecular weight is 175 g/mol. The van der Waals surface area contributed by atoms with Gasteiger partial charge in [0.15, 0.2) is 0 Å². The van der Waals surface area contributed by atoms with Gasteiger partial charge in [-0.15, -0.1) is 0 Å². The predicted molar refractivity (Wildman–Crippen MR) is 41.9 cm³/mol. The van der Waals surface area contributed by atoms with E-state index in [2.05, 4.69) is 0 Å². The third kappa shape index (κ3) is 4.68. The van der Waals surface area contributed by atoms with Crippen LogP contribution < -0.4 is 0 Å². The Labute approximate surface area is 70.6 Å². The minimum atomic E-state index is -0.949. The lowest BCUT2D eigenvalue weighted by Crippen LogP contribution is -2.32. The van der Waals surface area contributed by atoms with Crippen LogP contribution in [0.1, 0.15) is 6.92 Å². The van der Waals surface area contributed by atoms with Crippen LogP contribution >= 0.6 is 0 Å². The number of likely N-dealkylation sites (N-methyl/N-ethyl adjacent to an activating group) is 1. The van der Waals surface area contributed by atoms with E-state index in [0.29, 0.717) is 0 Å². The maximum atomic E-state index is 10.3. The van der Waals surface area contributed by atoms with Crippen LogP contribution in [0.25, 0.3) is 0 Å². The summed E-state index contributed by atoms with van der Waals surface area (Å²) in [4.78, 5) is 22.0. The van der Waals surface area contributed by atoms with Gasteiger partial charge in [-0.2, -0.15) is 0 Å². The molecule has 0 aromatic heterocycles. The van der Waals surface area contributed by atoms with Gasteiger partial charge in [-0.1, -0.05) is 6.92 Å². The lowest BCUT2D eigenvalue weighted by molar-refractivity contribution is -0.143. The number of hydrogen-bond donors (Lipinski definition) is 2. The molecule has 1 unspecified atom stereocenters. The Kier molecular flexibility index (Phi) is 4.28. The minimum absolute atomic E-state index is 0.127. The van der Waals surface area contributed by atoms with E-state index in [9.17, 15) is 9.59 Å². The van der Waals surface area contributed by atoms with Crippen molar-refractivity contribution in [2.45, 2.75) is 6.92 Å². The molecule has 0 aromatic rings. The molecule has 0 radical (unpaired) electrons. The summed E-state index contributed by atoms with van der Waals surface area (Å²) in [6, 6.07) is 0. The Balaban J connectivity index is 3.76. The largest absolute Gasteiger partial charge is 0.481 e. The first-order valence-corrected chi connectivity index (χ1v) is 3.56. The summed E-state index contributed by atoms with van der Waals surface area (Å²) in [6.07, 6.45) is 0. The summed E-state index contributed by atoms with van der Waals surface area (Å²) < 4.78 is 0. The van der Waals surface area contributed by atoms with E-state index in [1.54, 1.807) is 14.0 Å². The van der Waals surface area contributed by atoms with Crippen molar-refractivity contribution >= 4 is 11.9 Å². The Bertz CT molecular complexity index is 180. The summed E-state index contributed by atoms with van der Waals surface area (Å²) >= 11 is 0. The van der Waals surface area contributed by atoms with Crippen molar-refractivity contribution in [2.75, 3.05) is 20.1 Å². The van der Waals surface area contributed by atoms with Crippen LogP contribution in [0.2, 0.25) is 0 Å². The highest BCUT2D eigenvalue weighted by molar-refractivity contribution is 5.70. The fraction of sp³-hybridized carbons (Fsp3) is 0.714. The van der Waals surface area contributed by atoms with Crippen LogP contribution in [0.15, 0.2) is 0 Å². The van der Waals surface area contributed by atoms with E-state index in [4.69, 9.17) is 10.2 Å². The van der Waals surface area contributed by atoms with Crippen LogP contribution in [-0.4, -0.2) is 47.2 Å². The highest BCUT2D eigenvalue weighted by atomic mass is 16.4. The second-order valence-corrected chi connectivity index (χ2v) is 2.83. The average Bonchev–Trinajstić information content (AvgIpc) is 1.84. The SMILES string of the molecule is CC(CN(C)CC(=O)O)C(=O)O. The second kappa shape index (κ2) is 4.71. The molecule has 0 spiro atoms. The summed E-state index contributed by atoms with van der Waals surface area (Å²) in [5.41, 5.74) is 0. The molecule has 0 heterocycles.